The fraction of sp³-hybridized carbons (Fsp3) is 0.222. The minimum absolute atomic E-state index is 0. The second-order valence-electron chi connectivity index (χ2n) is 7.61. The van der Waals surface area contributed by atoms with Crippen LogP contribution in [0.2, 0.25) is 0 Å². The van der Waals surface area contributed by atoms with Gasteiger partial charge in [-0.05, 0) is 11.8 Å². The van der Waals surface area contributed by atoms with Gasteiger partial charge in [0.25, 0.3) is 0 Å². The summed E-state index contributed by atoms with van der Waals surface area (Å²) < 4.78 is 32.1. The maximum atomic E-state index is 9.58. The Morgan fingerprint density at radius 1 is 0.758 bits per heavy atom. The number of halogens is 5. The monoisotopic (exact) mass is 572 g/mol. The fourth-order valence-corrected chi connectivity index (χ4v) is 3.38. The molecule has 0 unspecified atom stereocenters. The molecule has 0 heterocycles. The van der Waals surface area contributed by atoms with Gasteiger partial charge in [-0.3, -0.25) is 0 Å². The van der Waals surface area contributed by atoms with E-state index in [4.69, 9.17) is 17.0 Å². The molecular formula is C27H31Cl2F3Zr-4. The van der Waals surface area contributed by atoms with Gasteiger partial charge in [0.05, 0.1) is 0 Å². The molecule has 0 spiro atoms. The second-order valence-corrected chi connectivity index (χ2v) is 15.8. The van der Waals surface area contributed by atoms with Crippen molar-refractivity contribution >= 4 is 42.8 Å². The summed E-state index contributed by atoms with van der Waals surface area (Å²) >= 11 is -1.85. The number of hydrogen-bond acceptors (Lipinski definition) is 0. The van der Waals surface area contributed by atoms with Crippen LogP contribution in [0.4, 0.5) is 13.2 Å². The topological polar surface area (TPSA) is 0 Å². The van der Waals surface area contributed by atoms with Crippen molar-refractivity contribution in [2.75, 3.05) is 0 Å². The summed E-state index contributed by atoms with van der Waals surface area (Å²) in [6, 6.07) is 26.0. The SMILES string of the molecule is CC(C)c1cccc2[cH-]ccc12.CC(C)c1cccc2[cH-]ccc12.F[C-](F)F.[CH2]=[Zr]([Cl])[Cl].[CH3-]. The zero-order valence-corrected chi connectivity index (χ0v) is 23.6. The van der Waals surface area contributed by atoms with Crippen molar-refractivity contribution in [1.29, 1.82) is 0 Å². The van der Waals surface area contributed by atoms with E-state index in [1.54, 1.807) is 0 Å². The quantitative estimate of drug-likeness (QED) is 0.209. The molecule has 6 heteroatoms. The minimum atomic E-state index is -3.08. The first kappa shape index (κ1) is 31.8. The Labute approximate surface area is 211 Å². The Morgan fingerprint density at radius 2 is 1.06 bits per heavy atom. The maximum absolute atomic E-state index is 9.58. The molecule has 0 saturated carbocycles. The molecule has 0 aromatic heterocycles. The zero-order valence-electron chi connectivity index (χ0n) is 19.7. The van der Waals surface area contributed by atoms with E-state index in [9.17, 15) is 13.2 Å². The maximum Gasteiger partial charge on any atom is -0.358 e. The molecule has 0 fully saturated rings. The van der Waals surface area contributed by atoms with Crippen LogP contribution in [-0.2, 0) is 18.9 Å². The van der Waals surface area contributed by atoms with E-state index in [2.05, 4.69) is 105 Å². The van der Waals surface area contributed by atoms with Crippen LogP contribution in [-0.4, -0.2) is 4.21 Å². The van der Waals surface area contributed by atoms with Gasteiger partial charge in [0, 0.05) is 0 Å². The Hall–Kier alpha value is -1.22. The van der Waals surface area contributed by atoms with Gasteiger partial charge in [-0.1, -0.05) is 51.0 Å². The molecule has 0 saturated heterocycles. The molecule has 4 aromatic rings. The number of rotatable bonds is 2. The average molecular weight is 575 g/mol. The van der Waals surface area contributed by atoms with Crippen LogP contribution in [0.1, 0.15) is 50.7 Å². The van der Waals surface area contributed by atoms with Crippen molar-refractivity contribution < 1.29 is 32.1 Å². The van der Waals surface area contributed by atoms with E-state index < -0.39 is 25.6 Å². The van der Waals surface area contributed by atoms with Crippen LogP contribution >= 0.6 is 17.0 Å². The molecule has 4 rings (SSSR count). The van der Waals surface area contributed by atoms with Crippen molar-refractivity contribution in [1.82, 2.24) is 0 Å². The molecule has 0 aliphatic rings. The molecule has 0 N–H and O–H groups in total. The third-order valence-electron chi connectivity index (χ3n) is 4.67. The van der Waals surface area contributed by atoms with E-state index in [0.29, 0.717) is 11.8 Å². The van der Waals surface area contributed by atoms with Gasteiger partial charge >= 0.3 is 40.1 Å². The molecule has 0 nitrogen and oxygen atoms in total. The number of hydrogen-bond donors (Lipinski definition) is 0. The Balaban J connectivity index is 0.000000462. The molecule has 182 valence electrons. The molecule has 0 amide bonds. The molecule has 0 aliphatic heterocycles. The smallest absolute Gasteiger partial charge is 0.358 e. The summed E-state index contributed by atoms with van der Waals surface area (Å²) in [7, 11) is 10.3. The molecule has 33 heavy (non-hydrogen) atoms. The van der Waals surface area contributed by atoms with Crippen LogP contribution in [0.5, 0.6) is 0 Å². The molecule has 0 bridgehead atoms. The summed E-state index contributed by atoms with van der Waals surface area (Å²) in [6.45, 7) is 5.87. The molecule has 0 aliphatic carbocycles. The summed E-state index contributed by atoms with van der Waals surface area (Å²) in [5.74, 6) is 1.24. The van der Waals surface area contributed by atoms with Gasteiger partial charge in [-0.2, -0.15) is 24.3 Å². The first-order valence-electron chi connectivity index (χ1n) is 10.2. The van der Waals surface area contributed by atoms with Gasteiger partial charge < -0.3 is 20.6 Å². The van der Waals surface area contributed by atoms with E-state index in [-0.39, 0.29) is 7.43 Å². The Kier molecular flexibility index (Phi) is 15.8. The standard InChI is InChI=1S/2C12H13.CF3.CH3.CH2.2ClH.Zr/c2*1-9(2)11-7-3-5-10-6-4-8-12(10)11;2-1(3)4;;;;;/h2*3-9H,1-2H3;;1H3;1H2;2*1H;/q4*-1;;;;+2/p-2. The van der Waals surface area contributed by atoms with Gasteiger partial charge in [-0.25, -0.2) is 0 Å². The van der Waals surface area contributed by atoms with E-state index in [0.717, 1.165) is 0 Å². The van der Waals surface area contributed by atoms with Crippen LogP contribution in [0.15, 0.2) is 72.8 Å². The predicted molar refractivity (Wildman–Crippen MR) is 139 cm³/mol. The number of benzene rings is 2. The molecule has 4 aromatic carbocycles. The summed E-state index contributed by atoms with van der Waals surface area (Å²) in [5, 5.41) is 5.54. The minimum Gasteiger partial charge on any atom is -0.358 e. The predicted octanol–water partition coefficient (Wildman–Crippen LogP) is 10.5. The van der Waals surface area contributed by atoms with Crippen molar-refractivity contribution in [2.24, 2.45) is 0 Å². The molecular weight excluding hydrogens is 543 g/mol. The number of fused-ring (bicyclic) bond motifs is 2. The first-order valence-corrected chi connectivity index (χ1v) is 18.2. The van der Waals surface area contributed by atoms with Crippen molar-refractivity contribution in [3.8, 4) is 0 Å². The second kappa shape index (κ2) is 16.4. The fourth-order valence-electron chi connectivity index (χ4n) is 3.38. The van der Waals surface area contributed by atoms with Crippen molar-refractivity contribution in [2.45, 2.75) is 39.5 Å². The van der Waals surface area contributed by atoms with Gasteiger partial charge in [0.1, 0.15) is 0 Å². The first-order chi connectivity index (χ1) is 15.0. The van der Waals surface area contributed by atoms with Crippen molar-refractivity contribution in [3.63, 3.8) is 0 Å². The normalized spacial score (nSPS) is 10.1. The van der Waals surface area contributed by atoms with Crippen molar-refractivity contribution in [3.05, 3.63) is 98.0 Å². The van der Waals surface area contributed by atoms with Crippen LogP contribution in [0, 0.1) is 14.1 Å². The summed E-state index contributed by atoms with van der Waals surface area (Å²) in [5.41, 5.74) is 2.91. The van der Waals surface area contributed by atoms with E-state index >= 15 is 0 Å². The average Bonchev–Trinajstić information content (AvgIpc) is 3.36. The molecule has 0 atom stereocenters. The van der Waals surface area contributed by atoms with Crippen LogP contribution < -0.4 is 0 Å². The zero-order chi connectivity index (χ0) is 24.3. The third kappa shape index (κ3) is 11.7. The summed E-state index contributed by atoms with van der Waals surface area (Å²) in [4.78, 5) is 0. The van der Waals surface area contributed by atoms with Crippen LogP contribution in [0.3, 0.4) is 0 Å². The third-order valence-corrected chi connectivity index (χ3v) is 4.67. The molecule has 0 radical (unpaired) electrons. The van der Waals surface area contributed by atoms with E-state index in [1.807, 2.05) is 0 Å². The Morgan fingerprint density at radius 3 is 1.33 bits per heavy atom. The van der Waals surface area contributed by atoms with E-state index in [1.165, 1.54) is 32.7 Å². The van der Waals surface area contributed by atoms with Gasteiger partial charge in [0.15, 0.2) is 6.68 Å². The van der Waals surface area contributed by atoms with Crippen LogP contribution in [0.25, 0.3) is 21.5 Å². The Bertz CT molecular complexity index is 996. The van der Waals surface area contributed by atoms with Gasteiger partial charge in [-0.15, -0.1) is 57.9 Å². The van der Waals surface area contributed by atoms with Gasteiger partial charge in [0.2, 0.25) is 0 Å². The summed E-state index contributed by atoms with van der Waals surface area (Å²) in [6.07, 6.45) is 0. The largest absolute Gasteiger partial charge is 0.358 e.